The number of carbonyl (C=O) groups excluding carboxylic acids is 2. The van der Waals surface area contributed by atoms with E-state index in [0.717, 1.165) is 32.0 Å². The molecule has 1 spiro atoms. The van der Waals surface area contributed by atoms with Crippen LogP contribution in [0.25, 0.3) is 4.91 Å². The molecular formula is C35H42O6S2. The molecule has 1 aliphatic heterocycles. The molecule has 1 saturated heterocycles. The van der Waals surface area contributed by atoms with E-state index in [-0.39, 0.29) is 16.8 Å². The maximum Gasteiger partial charge on any atom is 0.227 e. The van der Waals surface area contributed by atoms with Crippen molar-refractivity contribution in [3.8, 4) is 0 Å². The number of hydrogen-bond acceptors (Lipinski definition) is 8. The molecule has 0 N–H and O–H groups in total. The second-order valence-corrected chi connectivity index (χ2v) is 12.8. The molecule has 1 aromatic heterocycles. The molecule has 2 aromatic carbocycles. The van der Waals surface area contributed by atoms with Gasteiger partial charge in [0.15, 0.2) is 5.78 Å². The minimum atomic E-state index is -1.16. The number of carbonyl (C=O) groups is 2. The lowest BCUT2D eigenvalue weighted by Gasteiger charge is -2.41. The number of hydrogen-bond donors (Lipinski definition) is 0. The molecule has 2 atom stereocenters. The van der Waals surface area contributed by atoms with Crippen molar-refractivity contribution in [3.63, 3.8) is 0 Å². The molecule has 1 aliphatic carbocycles. The van der Waals surface area contributed by atoms with Crippen LogP contribution in [-0.4, -0.2) is 56.5 Å². The van der Waals surface area contributed by atoms with Crippen LogP contribution >= 0.6 is 23.1 Å². The van der Waals surface area contributed by atoms with Gasteiger partial charge in [0.1, 0.15) is 6.10 Å². The molecule has 0 saturated carbocycles. The van der Waals surface area contributed by atoms with E-state index in [1.807, 2.05) is 89.2 Å². The van der Waals surface area contributed by atoms with E-state index in [0.29, 0.717) is 48.9 Å². The minimum Gasteiger partial charge on any atom is -0.382 e. The average molecular weight is 623 g/mol. The first-order valence-corrected chi connectivity index (χ1v) is 16.6. The summed E-state index contributed by atoms with van der Waals surface area (Å²) in [5, 5.41) is -0.362. The summed E-state index contributed by atoms with van der Waals surface area (Å²) < 4.78 is 24.5. The summed E-state index contributed by atoms with van der Waals surface area (Å²) in [4.78, 5) is 29.6. The van der Waals surface area contributed by atoms with Crippen LogP contribution in [0.15, 0.2) is 60.2 Å². The quantitative estimate of drug-likeness (QED) is 0.159. The van der Waals surface area contributed by atoms with Gasteiger partial charge in [0.05, 0.1) is 41.4 Å². The van der Waals surface area contributed by atoms with E-state index in [1.54, 1.807) is 7.11 Å². The number of fused-ring (bicyclic) bond motifs is 2. The van der Waals surface area contributed by atoms with Gasteiger partial charge in [-0.05, 0) is 38.8 Å². The summed E-state index contributed by atoms with van der Waals surface area (Å²) >= 11 is 2.95. The Hall–Kier alpha value is -2.59. The molecule has 2 heterocycles. The van der Waals surface area contributed by atoms with Gasteiger partial charge >= 0.3 is 0 Å². The van der Waals surface area contributed by atoms with Crippen molar-refractivity contribution >= 4 is 39.6 Å². The first kappa shape index (κ1) is 33.3. The Morgan fingerprint density at radius 1 is 0.977 bits per heavy atom. The lowest BCUT2D eigenvalue weighted by atomic mass is 9.86. The number of ether oxygens (including phenoxy) is 4. The van der Waals surface area contributed by atoms with Crippen LogP contribution in [0.4, 0.5) is 0 Å². The average Bonchev–Trinajstić information content (AvgIpc) is 3.70. The van der Waals surface area contributed by atoms with Crippen LogP contribution in [-0.2, 0) is 24.7 Å². The highest BCUT2D eigenvalue weighted by Gasteiger charge is 2.54. The van der Waals surface area contributed by atoms with E-state index in [9.17, 15) is 9.59 Å². The topological polar surface area (TPSA) is 71.1 Å². The first-order chi connectivity index (χ1) is 20.8. The maximum absolute atomic E-state index is 13.7. The third kappa shape index (κ3) is 6.90. The van der Waals surface area contributed by atoms with Gasteiger partial charge in [-0.25, -0.2) is 0 Å². The molecule has 2 aliphatic rings. The van der Waals surface area contributed by atoms with Gasteiger partial charge in [-0.2, -0.15) is 0 Å². The molecular weight excluding hydrogens is 581 g/mol. The molecule has 3 aromatic rings. The van der Waals surface area contributed by atoms with Crippen LogP contribution in [0.1, 0.15) is 81.3 Å². The smallest absolute Gasteiger partial charge is 0.227 e. The lowest BCUT2D eigenvalue weighted by Crippen LogP contribution is -2.46. The second-order valence-electron chi connectivity index (χ2n) is 10.4. The highest BCUT2D eigenvalue weighted by atomic mass is 32.2. The minimum absolute atomic E-state index is 0.0533. The number of Topliss-reactive ketones (excluding diaryl/α,β-unsaturated/α-hetero) is 1. The molecule has 6 nitrogen and oxygen atoms in total. The molecule has 0 radical (unpaired) electrons. The zero-order valence-electron chi connectivity index (χ0n) is 26.2. The summed E-state index contributed by atoms with van der Waals surface area (Å²) in [5.41, 5.74) is 5.29. The van der Waals surface area contributed by atoms with Gasteiger partial charge in [0.25, 0.3) is 0 Å². The number of ketones is 2. The molecule has 0 amide bonds. The number of methoxy groups -OCH3 is 1. The normalized spacial score (nSPS) is 17.8. The maximum atomic E-state index is 13.7. The molecule has 0 bridgehead atoms. The first-order valence-electron chi connectivity index (χ1n) is 14.9. The van der Waals surface area contributed by atoms with Gasteiger partial charge < -0.3 is 18.9 Å². The van der Waals surface area contributed by atoms with Crippen LogP contribution in [0, 0.1) is 13.8 Å². The lowest BCUT2D eigenvalue weighted by molar-refractivity contribution is -0.234. The van der Waals surface area contributed by atoms with E-state index in [4.69, 9.17) is 18.9 Å². The molecule has 230 valence electrons. The standard InChI is InChI=1S/C33H36O6S2.C2H6/c1-6-25-30(40-22(4)28(34)23-11-7-20(2)8-12-23)31-26(33(38-17-18-39-33)32(25)37-16-15-36-5)19-27(41-31)29(35)24-13-9-21(3)10-14-24;1-2/h7-14,19,22,32H,6,15-18H2,1-5H3;1-2H3. The van der Waals surface area contributed by atoms with Crippen LogP contribution in [0.3, 0.4) is 0 Å². The van der Waals surface area contributed by atoms with E-state index in [1.165, 1.54) is 23.1 Å². The number of thioether (sulfide) groups is 1. The van der Waals surface area contributed by atoms with Crippen LogP contribution in [0.5, 0.6) is 0 Å². The van der Waals surface area contributed by atoms with Crippen molar-refractivity contribution in [1.29, 1.82) is 0 Å². The Labute approximate surface area is 263 Å². The van der Waals surface area contributed by atoms with Crippen molar-refractivity contribution < 1.29 is 28.5 Å². The van der Waals surface area contributed by atoms with Crippen molar-refractivity contribution in [2.45, 2.75) is 65.1 Å². The third-order valence-corrected chi connectivity index (χ3v) is 10.0. The monoisotopic (exact) mass is 622 g/mol. The summed E-state index contributed by atoms with van der Waals surface area (Å²) in [7, 11) is 1.64. The largest absolute Gasteiger partial charge is 0.382 e. The summed E-state index contributed by atoms with van der Waals surface area (Å²) in [5.74, 6) is -1.16. The highest BCUT2D eigenvalue weighted by Crippen LogP contribution is 2.55. The Bertz CT molecular complexity index is 1430. The molecule has 2 unspecified atom stereocenters. The van der Waals surface area contributed by atoms with Gasteiger partial charge in [-0.15, -0.1) is 23.1 Å². The molecule has 1 fully saturated rings. The predicted octanol–water partition coefficient (Wildman–Crippen LogP) is 7.99. The van der Waals surface area contributed by atoms with Crippen molar-refractivity contribution in [2.24, 2.45) is 0 Å². The third-order valence-electron chi connectivity index (χ3n) is 7.47. The summed E-state index contributed by atoms with van der Waals surface area (Å²) in [6.07, 6.45) is 0.122. The van der Waals surface area contributed by atoms with Gasteiger partial charge in [0.2, 0.25) is 11.6 Å². The zero-order chi connectivity index (χ0) is 31.1. The fraction of sp³-hybridized carbons (Fsp3) is 0.429. The van der Waals surface area contributed by atoms with E-state index < -0.39 is 11.9 Å². The Balaban J connectivity index is 0.00000207. The Morgan fingerprint density at radius 3 is 2.12 bits per heavy atom. The van der Waals surface area contributed by atoms with Crippen molar-refractivity contribution in [2.75, 3.05) is 33.5 Å². The molecule has 5 rings (SSSR count). The predicted molar refractivity (Wildman–Crippen MR) is 175 cm³/mol. The zero-order valence-corrected chi connectivity index (χ0v) is 27.8. The molecule has 43 heavy (non-hydrogen) atoms. The van der Waals surface area contributed by atoms with Crippen molar-refractivity contribution in [1.82, 2.24) is 0 Å². The Morgan fingerprint density at radius 2 is 1.56 bits per heavy atom. The number of rotatable bonds is 11. The van der Waals surface area contributed by atoms with Gasteiger partial charge in [0, 0.05) is 28.7 Å². The Kier molecular flexibility index (Phi) is 11.6. The summed E-state index contributed by atoms with van der Waals surface area (Å²) in [6.45, 7) is 13.6. The summed E-state index contributed by atoms with van der Waals surface area (Å²) in [6, 6.07) is 17.2. The second kappa shape index (κ2) is 14.9. The van der Waals surface area contributed by atoms with Gasteiger partial charge in [-0.1, -0.05) is 80.4 Å². The van der Waals surface area contributed by atoms with Gasteiger partial charge in [-0.3, -0.25) is 9.59 Å². The van der Waals surface area contributed by atoms with Crippen molar-refractivity contribution in [3.05, 3.63) is 97.7 Å². The van der Waals surface area contributed by atoms with E-state index in [2.05, 4.69) is 6.92 Å². The SMILES string of the molecule is CC.CCC1=C(SC(C)C(=O)c2ccc(C)cc2)c2sc(C(=O)c3ccc(C)cc3)cc2C2(OCCO2)C1OCCOC. The number of benzene rings is 2. The fourth-order valence-corrected chi connectivity index (χ4v) is 7.89. The number of aryl methyl sites for hydroxylation is 2. The van der Waals surface area contributed by atoms with Crippen LogP contribution < -0.4 is 0 Å². The molecule has 8 heteroatoms. The number of thiophene rings is 1. The fourth-order valence-electron chi connectivity index (χ4n) is 5.27. The van der Waals surface area contributed by atoms with Crippen LogP contribution in [0.2, 0.25) is 0 Å². The highest BCUT2D eigenvalue weighted by molar-refractivity contribution is 8.09. The van der Waals surface area contributed by atoms with E-state index >= 15 is 0 Å².